The van der Waals surface area contributed by atoms with Crippen molar-refractivity contribution >= 4 is 17.5 Å². The van der Waals surface area contributed by atoms with Crippen LogP contribution in [0.4, 0.5) is 4.39 Å². The van der Waals surface area contributed by atoms with Crippen molar-refractivity contribution in [2.24, 2.45) is 0 Å². The van der Waals surface area contributed by atoms with E-state index < -0.39 is 5.82 Å². The fourth-order valence-electron chi connectivity index (χ4n) is 3.50. The third-order valence-corrected chi connectivity index (χ3v) is 5.32. The van der Waals surface area contributed by atoms with Crippen molar-refractivity contribution in [2.45, 2.75) is 18.8 Å². The molecule has 8 heteroatoms. The van der Waals surface area contributed by atoms with Crippen LogP contribution in [-0.2, 0) is 0 Å². The number of carbonyl (C=O) groups is 1. The van der Waals surface area contributed by atoms with Gasteiger partial charge in [-0.15, -0.1) is 0 Å². The highest BCUT2D eigenvalue weighted by atomic mass is 35.5. The largest absolute Gasteiger partial charge is 0.496 e. The van der Waals surface area contributed by atoms with Gasteiger partial charge in [-0.1, -0.05) is 28.9 Å². The van der Waals surface area contributed by atoms with Crippen molar-refractivity contribution in [3.05, 3.63) is 64.7 Å². The minimum atomic E-state index is -0.568. The smallest absolute Gasteiger partial charge is 0.261 e. The van der Waals surface area contributed by atoms with Crippen molar-refractivity contribution in [1.29, 1.82) is 0 Å². The Morgan fingerprint density at radius 1 is 1.24 bits per heavy atom. The van der Waals surface area contributed by atoms with Gasteiger partial charge in [-0.2, -0.15) is 4.98 Å². The lowest BCUT2D eigenvalue weighted by Crippen LogP contribution is -2.38. The third-order valence-electron chi connectivity index (χ3n) is 5.09. The summed E-state index contributed by atoms with van der Waals surface area (Å²) in [6.07, 6.45) is 1.33. The number of hydrogen-bond donors (Lipinski definition) is 0. The lowest BCUT2D eigenvalue weighted by molar-refractivity contribution is 0.0706. The molecule has 4 rings (SSSR count). The summed E-state index contributed by atoms with van der Waals surface area (Å²) >= 11 is 5.90. The van der Waals surface area contributed by atoms with Gasteiger partial charge in [-0.05, 0) is 43.2 Å². The molecule has 1 saturated heterocycles. The van der Waals surface area contributed by atoms with Crippen LogP contribution in [0.15, 0.2) is 47.0 Å². The standard InChI is InChI=1S/C21H19ClFN3O3/c1-28-18-5-3-2-4-15(18)20-24-19(25-29-20)13-8-10-26(11-9-13)21(27)16-12-14(22)6-7-17(16)23/h2-7,12-13H,8-11H2,1H3. The first kappa shape index (κ1) is 19.4. The van der Waals surface area contributed by atoms with Crippen LogP contribution in [0.5, 0.6) is 5.75 Å². The van der Waals surface area contributed by atoms with Gasteiger partial charge in [0.15, 0.2) is 5.82 Å². The van der Waals surface area contributed by atoms with Crippen LogP contribution in [0.3, 0.4) is 0 Å². The van der Waals surface area contributed by atoms with Crippen LogP contribution >= 0.6 is 11.6 Å². The molecule has 0 atom stereocenters. The minimum absolute atomic E-state index is 0.00558. The van der Waals surface area contributed by atoms with E-state index in [-0.39, 0.29) is 17.4 Å². The third kappa shape index (κ3) is 3.96. The first-order valence-electron chi connectivity index (χ1n) is 9.28. The molecule has 1 aliphatic heterocycles. The molecule has 0 aliphatic carbocycles. The average Bonchev–Trinajstić information content (AvgIpc) is 3.25. The Labute approximate surface area is 172 Å². The summed E-state index contributed by atoms with van der Waals surface area (Å²) in [7, 11) is 1.59. The predicted octanol–water partition coefficient (Wildman–Crippen LogP) is 4.56. The second-order valence-corrected chi connectivity index (χ2v) is 7.29. The van der Waals surface area contributed by atoms with Gasteiger partial charge < -0.3 is 14.2 Å². The van der Waals surface area contributed by atoms with Crippen LogP contribution in [0.25, 0.3) is 11.5 Å². The zero-order chi connectivity index (χ0) is 20.4. The fraction of sp³-hybridized carbons (Fsp3) is 0.286. The van der Waals surface area contributed by atoms with Gasteiger partial charge >= 0.3 is 0 Å². The summed E-state index contributed by atoms with van der Waals surface area (Å²) in [4.78, 5) is 18.8. The number of nitrogens with zero attached hydrogens (tertiary/aromatic N) is 3. The Morgan fingerprint density at radius 2 is 2.00 bits per heavy atom. The van der Waals surface area contributed by atoms with Crippen LogP contribution in [0.2, 0.25) is 5.02 Å². The van der Waals surface area contributed by atoms with Gasteiger partial charge in [0.25, 0.3) is 11.8 Å². The van der Waals surface area contributed by atoms with E-state index in [2.05, 4.69) is 10.1 Å². The van der Waals surface area contributed by atoms with Crippen LogP contribution in [-0.4, -0.2) is 41.1 Å². The van der Waals surface area contributed by atoms with Gasteiger partial charge in [0.2, 0.25) is 0 Å². The first-order chi connectivity index (χ1) is 14.1. The topological polar surface area (TPSA) is 68.5 Å². The number of ether oxygens (including phenoxy) is 1. The van der Waals surface area contributed by atoms with E-state index in [0.717, 1.165) is 5.56 Å². The lowest BCUT2D eigenvalue weighted by atomic mass is 9.95. The van der Waals surface area contributed by atoms with Gasteiger partial charge in [-0.25, -0.2) is 4.39 Å². The van der Waals surface area contributed by atoms with E-state index in [1.165, 1.54) is 18.2 Å². The van der Waals surface area contributed by atoms with E-state index >= 15 is 0 Å². The van der Waals surface area contributed by atoms with E-state index in [9.17, 15) is 9.18 Å². The van der Waals surface area contributed by atoms with Crippen LogP contribution in [0.1, 0.15) is 34.9 Å². The summed E-state index contributed by atoms with van der Waals surface area (Å²) < 4.78 is 24.8. The molecule has 150 valence electrons. The molecule has 6 nitrogen and oxygen atoms in total. The van der Waals surface area contributed by atoms with Crippen molar-refractivity contribution in [2.75, 3.05) is 20.2 Å². The summed E-state index contributed by atoms with van der Waals surface area (Å²) in [6, 6.07) is 11.4. The predicted molar refractivity (Wildman–Crippen MR) is 106 cm³/mol. The summed E-state index contributed by atoms with van der Waals surface area (Å²) in [5.41, 5.74) is 0.728. The quantitative estimate of drug-likeness (QED) is 0.625. The molecule has 2 aromatic carbocycles. The van der Waals surface area contributed by atoms with Crippen molar-refractivity contribution in [3.63, 3.8) is 0 Å². The van der Waals surface area contributed by atoms with E-state index in [1.54, 1.807) is 12.0 Å². The summed E-state index contributed by atoms with van der Waals surface area (Å²) in [5.74, 6) is 0.804. The highest BCUT2D eigenvalue weighted by molar-refractivity contribution is 6.31. The van der Waals surface area contributed by atoms with E-state index in [0.29, 0.717) is 48.4 Å². The highest BCUT2D eigenvalue weighted by Crippen LogP contribution is 2.32. The van der Waals surface area contributed by atoms with Crippen LogP contribution in [0, 0.1) is 5.82 Å². The van der Waals surface area contributed by atoms with E-state index in [4.69, 9.17) is 20.9 Å². The van der Waals surface area contributed by atoms with Crippen molar-refractivity contribution < 1.29 is 18.4 Å². The monoisotopic (exact) mass is 415 g/mol. The van der Waals surface area contributed by atoms with Crippen molar-refractivity contribution in [3.8, 4) is 17.2 Å². The Kier molecular flexibility index (Phi) is 5.49. The Bertz CT molecular complexity index is 1030. The number of para-hydroxylation sites is 1. The Hall–Kier alpha value is -2.93. The Balaban J connectivity index is 1.45. The molecule has 0 unspecified atom stereocenters. The molecule has 1 fully saturated rings. The molecule has 1 amide bonds. The number of rotatable bonds is 4. The van der Waals surface area contributed by atoms with Gasteiger partial charge in [0.1, 0.15) is 11.6 Å². The van der Waals surface area contributed by atoms with E-state index in [1.807, 2.05) is 24.3 Å². The molecule has 0 saturated carbocycles. The fourth-order valence-corrected chi connectivity index (χ4v) is 3.68. The average molecular weight is 416 g/mol. The zero-order valence-electron chi connectivity index (χ0n) is 15.8. The summed E-state index contributed by atoms with van der Waals surface area (Å²) in [5, 5.41) is 4.46. The second kappa shape index (κ2) is 8.21. The second-order valence-electron chi connectivity index (χ2n) is 6.85. The molecule has 0 bridgehead atoms. The molecule has 0 N–H and O–H groups in total. The number of halogens is 2. The summed E-state index contributed by atoms with van der Waals surface area (Å²) in [6.45, 7) is 0.960. The number of aromatic nitrogens is 2. The van der Waals surface area contributed by atoms with Crippen LogP contribution < -0.4 is 4.74 Å². The number of methoxy groups -OCH3 is 1. The Morgan fingerprint density at radius 3 is 2.76 bits per heavy atom. The molecule has 1 aliphatic rings. The van der Waals surface area contributed by atoms with Crippen molar-refractivity contribution in [1.82, 2.24) is 15.0 Å². The molecule has 2 heterocycles. The zero-order valence-corrected chi connectivity index (χ0v) is 16.5. The molecule has 3 aromatic rings. The number of hydrogen-bond acceptors (Lipinski definition) is 5. The van der Waals surface area contributed by atoms with Gasteiger partial charge in [0.05, 0.1) is 18.2 Å². The maximum Gasteiger partial charge on any atom is 0.261 e. The SMILES string of the molecule is COc1ccccc1-c1nc(C2CCN(C(=O)c3cc(Cl)ccc3F)CC2)no1. The number of benzene rings is 2. The maximum atomic E-state index is 14.0. The molecular formula is C21H19ClFN3O3. The normalized spacial score (nSPS) is 14.8. The molecule has 0 spiro atoms. The number of likely N-dealkylation sites (tertiary alicyclic amines) is 1. The molecule has 0 radical (unpaired) electrons. The van der Waals surface area contributed by atoms with Gasteiger partial charge in [-0.3, -0.25) is 4.79 Å². The number of carbonyl (C=O) groups excluding carboxylic acids is 1. The number of piperidine rings is 1. The highest BCUT2D eigenvalue weighted by Gasteiger charge is 2.29. The minimum Gasteiger partial charge on any atom is -0.496 e. The van der Waals surface area contributed by atoms with Gasteiger partial charge in [0, 0.05) is 24.0 Å². The first-order valence-corrected chi connectivity index (χ1v) is 9.66. The molecular weight excluding hydrogens is 397 g/mol. The molecule has 1 aromatic heterocycles. The maximum absolute atomic E-state index is 14.0. The lowest BCUT2D eigenvalue weighted by Gasteiger charge is -2.30. The molecule has 29 heavy (non-hydrogen) atoms. The number of amides is 1.